The number of hydrogen-bond donors (Lipinski definition) is 1. The Morgan fingerprint density at radius 2 is 1.96 bits per heavy atom. The van der Waals surface area contributed by atoms with E-state index in [0.717, 1.165) is 5.56 Å². The van der Waals surface area contributed by atoms with Gasteiger partial charge in [0.1, 0.15) is 0 Å². The Kier molecular flexibility index (Phi) is 6.63. The lowest BCUT2D eigenvalue weighted by Gasteiger charge is -2.22. The number of aliphatic hydroxyl groups is 1. The van der Waals surface area contributed by atoms with Gasteiger partial charge in [-0.2, -0.15) is 0 Å². The third kappa shape index (κ3) is 4.72. The lowest BCUT2D eigenvalue weighted by Crippen LogP contribution is -2.33. The molecule has 0 fully saturated rings. The summed E-state index contributed by atoms with van der Waals surface area (Å²) in [5.41, 5.74) is 1.41. The van der Waals surface area contributed by atoms with Crippen molar-refractivity contribution in [1.29, 1.82) is 0 Å². The van der Waals surface area contributed by atoms with Gasteiger partial charge in [0.15, 0.2) is 0 Å². The van der Waals surface area contributed by atoms with Crippen LogP contribution in [0.1, 0.15) is 29.8 Å². The maximum atomic E-state index is 12.7. The van der Waals surface area contributed by atoms with Crippen LogP contribution in [-0.4, -0.2) is 43.5 Å². The van der Waals surface area contributed by atoms with Crippen molar-refractivity contribution in [2.45, 2.75) is 30.5 Å². The van der Waals surface area contributed by atoms with Crippen molar-refractivity contribution in [3.05, 3.63) is 59.9 Å². The van der Waals surface area contributed by atoms with Crippen molar-refractivity contribution in [1.82, 2.24) is 9.88 Å². The Morgan fingerprint density at radius 3 is 2.50 bits per heavy atom. The Bertz CT molecular complexity index is 687. The first kappa shape index (κ1) is 18.3. The molecule has 1 aromatic heterocycles. The second-order valence-electron chi connectivity index (χ2n) is 5.68. The number of hydrogen-bond acceptors (Lipinski definition) is 4. The minimum Gasteiger partial charge on any atom is -0.395 e. The molecule has 0 aliphatic rings. The summed E-state index contributed by atoms with van der Waals surface area (Å²) in [7, 11) is -1.08. The first-order valence-electron chi connectivity index (χ1n) is 7.82. The Hall–Kier alpha value is -2.05. The van der Waals surface area contributed by atoms with Gasteiger partial charge in [-0.15, -0.1) is 0 Å². The highest BCUT2D eigenvalue weighted by Crippen LogP contribution is 2.15. The number of aromatic nitrogens is 1. The zero-order chi connectivity index (χ0) is 17.5. The average molecular weight is 346 g/mol. The SMILES string of the molecule is CC(C)S(=O)c1ccc(C(=O)N(CCO)Cc2cccnc2)cc1. The fourth-order valence-corrected chi connectivity index (χ4v) is 3.22. The van der Waals surface area contributed by atoms with E-state index in [4.69, 9.17) is 0 Å². The molecular weight excluding hydrogens is 324 g/mol. The third-order valence-corrected chi connectivity index (χ3v) is 5.11. The highest BCUT2D eigenvalue weighted by atomic mass is 32.2. The minimum absolute atomic E-state index is 0.0306. The van der Waals surface area contributed by atoms with E-state index in [9.17, 15) is 14.1 Å². The van der Waals surface area contributed by atoms with E-state index in [-0.39, 0.29) is 24.3 Å². The maximum absolute atomic E-state index is 12.7. The molecule has 0 aliphatic carbocycles. The summed E-state index contributed by atoms with van der Waals surface area (Å²) in [4.78, 5) is 19.0. The number of pyridine rings is 1. The molecule has 1 heterocycles. The number of nitrogens with zero attached hydrogens (tertiary/aromatic N) is 2. The number of rotatable bonds is 7. The van der Waals surface area contributed by atoms with Gasteiger partial charge in [0.25, 0.3) is 5.91 Å². The first-order chi connectivity index (χ1) is 11.5. The highest BCUT2D eigenvalue weighted by molar-refractivity contribution is 7.85. The van der Waals surface area contributed by atoms with Crippen LogP contribution in [0.15, 0.2) is 53.7 Å². The lowest BCUT2D eigenvalue weighted by atomic mass is 10.2. The molecule has 5 nitrogen and oxygen atoms in total. The minimum atomic E-state index is -1.08. The summed E-state index contributed by atoms with van der Waals surface area (Å²) in [6.07, 6.45) is 3.38. The van der Waals surface area contributed by atoms with Gasteiger partial charge < -0.3 is 10.0 Å². The first-order valence-corrected chi connectivity index (χ1v) is 9.04. The largest absolute Gasteiger partial charge is 0.395 e. The molecule has 1 atom stereocenters. The van der Waals surface area contributed by atoms with Crippen LogP contribution in [0.4, 0.5) is 0 Å². The number of carbonyl (C=O) groups excluding carboxylic acids is 1. The normalized spacial score (nSPS) is 12.2. The maximum Gasteiger partial charge on any atom is 0.254 e. The van der Waals surface area contributed by atoms with Crippen LogP contribution < -0.4 is 0 Å². The molecule has 24 heavy (non-hydrogen) atoms. The van der Waals surface area contributed by atoms with Gasteiger partial charge >= 0.3 is 0 Å². The molecule has 1 amide bonds. The van der Waals surface area contributed by atoms with Crippen molar-refractivity contribution in [2.75, 3.05) is 13.2 Å². The monoisotopic (exact) mass is 346 g/mol. The third-order valence-electron chi connectivity index (χ3n) is 3.52. The fourth-order valence-electron chi connectivity index (χ4n) is 2.27. The second kappa shape index (κ2) is 8.70. The van der Waals surface area contributed by atoms with Crippen molar-refractivity contribution >= 4 is 16.7 Å². The summed E-state index contributed by atoms with van der Waals surface area (Å²) in [5, 5.41) is 9.27. The Morgan fingerprint density at radius 1 is 1.25 bits per heavy atom. The number of aliphatic hydroxyl groups excluding tert-OH is 1. The number of carbonyl (C=O) groups is 1. The van der Waals surface area contributed by atoms with Gasteiger partial charge in [0.05, 0.1) is 17.4 Å². The molecule has 2 aromatic rings. The molecule has 1 unspecified atom stereocenters. The predicted octanol–water partition coefficient (Wildman–Crippen LogP) is 2.23. The van der Waals surface area contributed by atoms with Gasteiger partial charge in [-0.1, -0.05) is 19.9 Å². The number of benzene rings is 1. The molecule has 0 radical (unpaired) electrons. The Labute approximate surface area is 144 Å². The van der Waals surface area contributed by atoms with Gasteiger partial charge in [0.2, 0.25) is 0 Å². The standard InChI is InChI=1S/C18H22N2O3S/c1-14(2)24(23)17-7-5-16(6-8-17)18(22)20(10-11-21)13-15-4-3-9-19-12-15/h3-9,12,14,21H,10-11,13H2,1-2H3. The van der Waals surface area contributed by atoms with E-state index in [1.54, 1.807) is 41.6 Å². The van der Waals surface area contributed by atoms with Gasteiger partial charge in [0, 0.05) is 41.2 Å². The number of amides is 1. The second-order valence-corrected chi connectivity index (χ2v) is 7.69. The topological polar surface area (TPSA) is 70.5 Å². The summed E-state index contributed by atoms with van der Waals surface area (Å²) in [6.45, 7) is 4.31. The van der Waals surface area contributed by atoms with E-state index in [0.29, 0.717) is 17.0 Å². The van der Waals surface area contributed by atoms with Crippen LogP contribution in [0.25, 0.3) is 0 Å². The van der Waals surface area contributed by atoms with Crippen molar-refractivity contribution in [3.8, 4) is 0 Å². The molecular formula is C18H22N2O3S. The molecule has 0 bridgehead atoms. The van der Waals surface area contributed by atoms with E-state index in [2.05, 4.69) is 4.98 Å². The van der Waals surface area contributed by atoms with Crippen LogP contribution in [-0.2, 0) is 17.3 Å². The summed E-state index contributed by atoms with van der Waals surface area (Å²) in [5.74, 6) is -0.171. The van der Waals surface area contributed by atoms with Crippen LogP contribution in [0.5, 0.6) is 0 Å². The van der Waals surface area contributed by atoms with E-state index < -0.39 is 10.8 Å². The zero-order valence-electron chi connectivity index (χ0n) is 13.9. The van der Waals surface area contributed by atoms with Gasteiger partial charge in [-0.3, -0.25) is 14.0 Å². The highest BCUT2D eigenvalue weighted by Gasteiger charge is 2.17. The molecule has 6 heteroatoms. The molecule has 0 aliphatic heterocycles. The van der Waals surface area contributed by atoms with Crippen LogP contribution >= 0.6 is 0 Å². The summed E-state index contributed by atoms with van der Waals surface area (Å²) in [6, 6.07) is 10.5. The van der Waals surface area contributed by atoms with Crippen molar-refractivity contribution in [2.24, 2.45) is 0 Å². The van der Waals surface area contributed by atoms with Crippen molar-refractivity contribution in [3.63, 3.8) is 0 Å². The average Bonchev–Trinajstić information content (AvgIpc) is 2.61. The van der Waals surface area contributed by atoms with Crippen molar-refractivity contribution < 1.29 is 14.1 Å². The zero-order valence-corrected chi connectivity index (χ0v) is 14.7. The Balaban J connectivity index is 2.15. The van der Waals surface area contributed by atoms with Crippen LogP contribution in [0.2, 0.25) is 0 Å². The van der Waals surface area contributed by atoms with E-state index in [1.165, 1.54) is 0 Å². The van der Waals surface area contributed by atoms with Crippen LogP contribution in [0.3, 0.4) is 0 Å². The van der Waals surface area contributed by atoms with E-state index >= 15 is 0 Å². The quantitative estimate of drug-likeness (QED) is 0.835. The van der Waals surface area contributed by atoms with Gasteiger partial charge in [-0.05, 0) is 35.9 Å². The van der Waals surface area contributed by atoms with Gasteiger partial charge in [-0.25, -0.2) is 0 Å². The smallest absolute Gasteiger partial charge is 0.254 e. The molecule has 0 saturated carbocycles. The molecule has 0 spiro atoms. The molecule has 0 saturated heterocycles. The molecule has 1 N–H and O–H groups in total. The molecule has 128 valence electrons. The lowest BCUT2D eigenvalue weighted by molar-refractivity contribution is 0.0707. The molecule has 1 aromatic carbocycles. The van der Waals surface area contributed by atoms with Crippen LogP contribution in [0, 0.1) is 0 Å². The van der Waals surface area contributed by atoms with E-state index in [1.807, 2.05) is 26.0 Å². The summed E-state index contributed by atoms with van der Waals surface area (Å²) < 4.78 is 12.1. The molecule has 2 rings (SSSR count). The fraction of sp³-hybridized carbons (Fsp3) is 0.333. The predicted molar refractivity (Wildman–Crippen MR) is 94.0 cm³/mol. The summed E-state index contributed by atoms with van der Waals surface area (Å²) >= 11 is 0.